The van der Waals surface area contributed by atoms with E-state index in [1.54, 1.807) is 7.11 Å². The smallest absolute Gasteiger partial charge is 0.0656 e. The van der Waals surface area contributed by atoms with Crippen molar-refractivity contribution in [1.82, 2.24) is 9.80 Å². The normalized spacial score (nSPS) is 23.6. The highest BCUT2D eigenvalue weighted by Gasteiger charge is 2.35. The third kappa shape index (κ3) is 3.65. The lowest BCUT2D eigenvalue weighted by Crippen LogP contribution is -2.62. The van der Waals surface area contributed by atoms with Crippen LogP contribution in [0.4, 0.5) is 0 Å². The number of methoxy groups -OCH3 is 1. The Morgan fingerprint density at radius 2 is 1.47 bits per heavy atom. The number of ether oxygens (including phenoxy) is 1. The molecular formula is C13H29N3O. The summed E-state index contributed by atoms with van der Waals surface area (Å²) in [4.78, 5) is 5.01. The molecule has 17 heavy (non-hydrogen) atoms. The first kappa shape index (κ1) is 14.9. The predicted octanol–water partition coefficient (Wildman–Crippen LogP) is 0.766. The van der Waals surface area contributed by atoms with E-state index in [-0.39, 0.29) is 11.1 Å². The highest BCUT2D eigenvalue weighted by molar-refractivity contribution is 4.92. The Hall–Kier alpha value is -0.160. The zero-order chi connectivity index (χ0) is 13.1. The van der Waals surface area contributed by atoms with E-state index in [9.17, 15) is 0 Å². The molecule has 1 aliphatic heterocycles. The van der Waals surface area contributed by atoms with Crippen molar-refractivity contribution in [2.24, 2.45) is 5.73 Å². The van der Waals surface area contributed by atoms with Gasteiger partial charge in [-0.2, -0.15) is 0 Å². The van der Waals surface area contributed by atoms with Gasteiger partial charge in [0, 0.05) is 45.4 Å². The molecule has 0 spiro atoms. The van der Waals surface area contributed by atoms with Crippen LogP contribution in [-0.2, 0) is 4.74 Å². The van der Waals surface area contributed by atoms with E-state index in [1.807, 2.05) is 0 Å². The largest absolute Gasteiger partial charge is 0.383 e. The summed E-state index contributed by atoms with van der Waals surface area (Å²) in [6.45, 7) is 14.8. The van der Waals surface area contributed by atoms with Gasteiger partial charge in [0.2, 0.25) is 0 Å². The topological polar surface area (TPSA) is 41.7 Å². The number of hydrogen-bond acceptors (Lipinski definition) is 4. The van der Waals surface area contributed by atoms with E-state index in [0.717, 1.165) is 26.2 Å². The van der Waals surface area contributed by atoms with Crippen LogP contribution >= 0.6 is 0 Å². The summed E-state index contributed by atoms with van der Waals surface area (Å²) in [5.74, 6) is 0. The molecule has 1 saturated heterocycles. The Morgan fingerprint density at radius 3 is 1.82 bits per heavy atom. The second-order valence-electron chi connectivity index (χ2n) is 6.28. The molecule has 0 radical (unpaired) electrons. The Bertz CT molecular complexity index is 231. The van der Waals surface area contributed by atoms with Crippen LogP contribution < -0.4 is 5.73 Å². The molecule has 1 heterocycles. The summed E-state index contributed by atoms with van der Waals surface area (Å²) in [6, 6.07) is 0. The van der Waals surface area contributed by atoms with Crippen molar-refractivity contribution in [3.05, 3.63) is 0 Å². The Labute approximate surface area is 106 Å². The van der Waals surface area contributed by atoms with Crippen molar-refractivity contribution in [3.8, 4) is 0 Å². The zero-order valence-corrected chi connectivity index (χ0v) is 12.1. The number of rotatable bonds is 4. The Morgan fingerprint density at radius 1 is 1.00 bits per heavy atom. The van der Waals surface area contributed by atoms with Crippen LogP contribution in [0, 0.1) is 0 Å². The second kappa shape index (κ2) is 5.65. The van der Waals surface area contributed by atoms with E-state index in [2.05, 4.69) is 37.5 Å². The number of nitrogens with zero attached hydrogens (tertiary/aromatic N) is 2. The van der Waals surface area contributed by atoms with Crippen LogP contribution in [0.1, 0.15) is 27.7 Å². The van der Waals surface area contributed by atoms with Crippen molar-refractivity contribution in [3.63, 3.8) is 0 Å². The lowest BCUT2D eigenvalue weighted by atomic mass is 9.98. The van der Waals surface area contributed by atoms with Gasteiger partial charge in [0.15, 0.2) is 0 Å². The number of nitrogens with two attached hydrogens (primary N) is 1. The van der Waals surface area contributed by atoms with Crippen LogP contribution in [0.3, 0.4) is 0 Å². The van der Waals surface area contributed by atoms with E-state index in [4.69, 9.17) is 10.5 Å². The van der Waals surface area contributed by atoms with Crippen LogP contribution in [0.5, 0.6) is 0 Å². The van der Waals surface area contributed by atoms with Crippen LogP contribution in [-0.4, -0.2) is 67.3 Å². The summed E-state index contributed by atoms with van der Waals surface area (Å²) < 4.78 is 5.31. The maximum Gasteiger partial charge on any atom is 0.0656 e. The number of piperazine rings is 1. The van der Waals surface area contributed by atoms with Crippen LogP contribution in [0.15, 0.2) is 0 Å². The SMILES string of the molecule is COCC(C)(CN)N1CCN(C(C)(C)C)CC1. The first-order chi connectivity index (χ1) is 7.83. The van der Waals surface area contributed by atoms with E-state index in [1.165, 1.54) is 0 Å². The molecule has 0 aromatic rings. The molecular weight excluding hydrogens is 214 g/mol. The highest BCUT2D eigenvalue weighted by atomic mass is 16.5. The van der Waals surface area contributed by atoms with Gasteiger partial charge in [-0.25, -0.2) is 0 Å². The van der Waals surface area contributed by atoms with Gasteiger partial charge < -0.3 is 10.5 Å². The monoisotopic (exact) mass is 243 g/mol. The summed E-state index contributed by atoms with van der Waals surface area (Å²) in [6.07, 6.45) is 0. The molecule has 0 saturated carbocycles. The maximum atomic E-state index is 5.91. The second-order valence-corrected chi connectivity index (χ2v) is 6.28. The summed E-state index contributed by atoms with van der Waals surface area (Å²) in [7, 11) is 1.75. The molecule has 102 valence electrons. The van der Waals surface area contributed by atoms with Gasteiger partial charge in [0.25, 0.3) is 0 Å². The predicted molar refractivity (Wildman–Crippen MR) is 72.2 cm³/mol. The molecule has 0 aromatic carbocycles. The van der Waals surface area contributed by atoms with Crippen molar-refractivity contribution >= 4 is 0 Å². The minimum Gasteiger partial charge on any atom is -0.383 e. The Balaban J connectivity index is 2.56. The fraction of sp³-hybridized carbons (Fsp3) is 1.00. The molecule has 1 rings (SSSR count). The average Bonchev–Trinajstić information content (AvgIpc) is 2.28. The standard InChI is InChI=1S/C13H29N3O/c1-12(2,3)15-6-8-16(9-7-15)13(4,10-14)11-17-5/h6-11,14H2,1-5H3. The van der Waals surface area contributed by atoms with Crippen molar-refractivity contribution in [2.75, 3.05) is 46.4 Å². The molecule has 1 fully saturated rings. The van der Waals surface area contributed by atoms with Crippen LogP contribution in [0.25, 0.3) is 0 Å². The van der Waals surface area contributed by atoms with Crippen molar-refractivity contribution < 1.29 is 4.74 Å². The van der Waals surface area contributed by atoms with Gasteiger partial charge >= 0.3 is 0 Å². The average molecular weight is 243 g/mol. The Kier molecular flexibility index (Phi) is 4.95. The summed E-state index contributed by atoms with van der Waals surface area (Å²) in [5.41, 5.74) is 6.16. The molecule has 4 nitrogen and oxygen atoms in total. The van der Waals surface area contributed by atoms with Gasteiger partial charge in [-0.15, -0.1) is 0 Å². The zero-order valence-electron chi connectivity index (χ0n) is 12.1. The fourth-order valence-electron chi connectivity index (χ4n) is 2.51. The summed E-state index contributed by atoms with van der Waals surface area (Å²) in [5, 5.41) is 0. The van der Waals surface area contributed by atoms with Gasteiger partial charge in [-0.3, -0.25) is 9.80 Å². The first-order valence-electron chi connectivity index (χ1n) is 6.52. The van der Waals surface area contributed by atoms with E-state index < -0.39 is 0 Å². The minimum atomic E-state index is -0.0152. The van der Waals surface area contributed by atoms with Gasteiger partial charge in [-0.1, -0.05) is 0 Å². The van der Waals surface area contributed by atoms with Gasteiger partial charge in [0.05, 0.1) is 12.1 Å². The van der Waals surface area contributed by atoms with Crippen molar-refractivity contribution in [1.29, 1.82) is 0 Å². The number of hydrogen-bond donors (Lipinski definition) is 1. The lowest BCUT2D eigenvalue weighted by molar-refractivity contribution is -0.0218. The van der Waals surface area contributed by atoms with Gasteiger partial charge in [0.1, 0.15) is 0 Å². The van der Waals surface area contributed by atoms with E-state index >= 15 is 0 Å². The molecule has 1 atom stereocenters. The maximum absolute atomic E-state index is 5.91. The third-order valence-corrected chi connectivity index (χ3v) is 3.89. The molecule has 1 aliphatic rings. The van der Waals surface area contributed by atoms with E-state index in [0.29, 0.717) is 13.2 Å². The highest BCUT2D eigenvalue weighted by Crippen LogP contribution is 2.21. The fourth-order valence-corrected chi connectivity index (χ4v) is 2.51. The molecule has 0 amide bonds. The minimum absolute atomic E-state index is 0.0152. The molecule has 0 aromatic heterocycles. The van der Waals surface area contributed by atoms with Gasteiger partial charge in [-0.05, 0) is 27.7 Å². The lowest BCUT2D eigenvalue weighted by Gasteiger charge is -2.48. The third-order valence-electron chi connectivity index (χ3n) is 3.89. The summed E-state index contributed by atoms with van der Waals surface area (Å²) >= 11 is 0. The molecule has 1 unspecified atom stereocenters. The quantitative estimate of drug-likeness (QED) is 0.792. The van der Waals surface area contributed by atoms with Crippen LogP contribution in [0.2, 0.25) is 0 Å². The van der Waals surface area contributed by atoms with Crippen molar-refractivity contribution in [2.45, 2.75) is 38.8 Å². The molecule has 2 N–H and O–H groups in total. The molecule has 0 aliphatic carbocycles. The first-order valence-corrected chi connectivity index (χ1v) is 6.52. The molecule has 0 bridgehead atoms. The molecule has 4 heteroatoms.